The van der Waals surface area contributed by atoms with E-state index in [0.29, 0.717) is 19.8 Å². The van der Waals surface area contributed by atoms with Gasteiger partial charge >= 0.3 is 0 Å². The fraction of sp³-hybridized carbons (Fsp3) is 0.571. The molecule has 6 heterocycles. The van der Waals surface area contributed by atoms with E-state index in [4.69, 9.17) is 28.4 Å². The quantitative estimate of drug-likeness (QED) is 0.282. The van der Waals surface area contributed by atoms with Crippen LogP contribution in [0.4, 0.5) is 0 Å². The van der Waals surface area contributed by atoms with Crippen LogP contribution in [0.2, 0.25) is 0 Å². The molecule has 0 bridgehead atoms. The van der Waals surface area contributed by atoms with Gasteiger partial charge in [0, 0.05) is 36.3 Å². The van der Waals surface area contributed by atoms with E-state index < -0.39 is 0 Å². The summed E-state index contributed by atoms with van der Waals surface area (Å²) in [5, 5.41) is 28.9. The molecule has 6 atom stereocenters. The summed E-state index contributed by atoms with van der Waals surface area (Å²) in [4.78, 5) is 7.30. The molecule has 3 N–H and O–H groups in total. The zero-order valence-electron chi connectivity index (χ0n) is 31.9. The van der Waals surface area contributed by atoms with Crippen LogP contribution >= 0.6 is 0 Å². The lowest BCUT2D eigenvalue weighted by atomic mass is 9.96. The molecule has 0 aliphatic carbocycles. The third kappa shape index (κ3) is 8.39. The summed E-state index contributed by atoms with van der Waals surface area (Å²) in [7, 11) is 0. The lowest BCUT2D eigenvalue weighted by Crippen LogP contribution is -2.52. The first kappa shape index (κ1) is 38.5. The second-order valence-electron chi connectivity index (χ2n) is 14.8. The molecule has 0 amide bonds. The van der Waals surface area contributed by atoms with Crippen LogP contribution in [0.25, 0.3) is 0 Å². The number of phenols is 3. The van der Waals surface area contributed by atoms with Gasteiger partial charge in [-0.3, -0.25) is 14.7 Å². The zero-order valence-corrected chi connectivity index (χ0v) is 31.9. The lowest BCUT2D eigenvalue weighted by molar-refractivity contribution is -0.0957. The van der Waals surface area contributed by atoms with Crippen LogP contribution in [0.5, 0.6) is 34.5 Å². The van der Waals surface area contributed by atoms with Crippen molar-refractivity contribution >= 4 is 0 Å². The molecule has 54 heavy (non-hydrogen) atoms. The van der Waals surface area contributed by atoms with E-state index >= 15 is 0 Å². The van der Waals surface area contributed by atoms with Gasteiger partial charge in [0.2, 0.25) is 0 Å². The minimum atomic E-state index is 0.0288. The third-order valence-electron chi connectivity index (χ3n) is 11.1. The number of hydrogen-bond donors (Lipinski definition) is 3. The summed E-state index contributed by atoms with van der Waals surface area (Å²) in [5.41, 5.74) is 2.94. The van der Waals surface area contributed by atoms with Gasteiger partial charge in [0.25, 0.3) is 0 Å². The van der Waals surface area contributed by atoms with Crippen molar-refractivity contribution in [3.8, 4) is 34.5 Å². The highest BCUT2D eigenvalue weighted by Crippen LogP contribution is 2.42. The Hall–Kier alpha value is -3.78. The smallest absolute Gasteiger partial charge is 0.125 e. The monoisotopic (exact) mass is 747 g/mol. The van der Waals surface area contributed by atoms with Crippen LogP contribution in [-0.2, 0) is 14.2 Å². The van der Waals surface area contributed by atoms with Crippen molar-refractivity contribution in [1.82, 2.24) is 14.7 Å². The predicted molar refractivity (Wildman–Crippen MR) is 204 cm³/mol. The molecule has 3 aromatic carbocycles. The summed E-state index contributed by atoms with van der Waals surface area (Å²) in [6.07, 6.45) is 3.49. The van der Waals surface area contributed by atoms with Gasteiger partial charge in [-0.15, -0.1) is 0 Å². The van der Waals surface area contributed by atoms with Gasteiger partial charge in [-0.2, -0.15) is 0 Å². The molecule has 3 fully saturated rings. The molecular weight excluding hydrogens is 690 g/mol. The van der Waals surface area contributed by atoms with Crippen LogP contribution in [0, 0.1) is 0 Å². The summed E-state index contributed by atoms with van der Waals surface area (Å²) < 4.78 is 35.1. The molecule has 0 spiro atoms. The van der Waals surface area contributed by atoms with Crippen molar-refractivity contribution in [3.63, 3.8) is 0 Å². The fourth-order valence-corrected chi connectivity index (χ4v) is 8.65. The van der Waals surface area contributed by atoms with Crippen molar-refractivity contribution in [1.29, 1.82) is 0 Å². The van der Waals surface area contributed by atoms with E-state index in [1.54, 1.807) is 36.4 Å². The molecule has 6 aliphatic heterocycles. The first-order valence-corrected chi connectivity index (χ1v) is 19.8. The average Bonchev–Trinajstić information content (AvgIpc) is 3.19. The minimum Gasteiger partial charge on any atom is -0.508 e. The van der Waals surface area contributed by atoms with Crippen molar-refractivity contribution in [3.05, 3.63) is 71.3 Å². The largest absolute Gasteiger partial charge is 0.508 e. The Morgan fingerprint density at radius 3 is 1.06 bits per heavy atom. The highest BCUT2D eigenvalue weighted by molar-refractivity contribution is 5.45. The Labute approximate surface area is 319 Å². The molecule has 3 saturated heterocycles. The van der Waals surface area contributed by atoms with Gasteiger partial charge in [0.15, 0.2) is 0 Å². The Bertz CT molecular complexity index is 1490. The standard InChI is InChI=1S/3C14H19NO3/c3*1-2-5-15-6-7-17-14-11-8-10(16)3-4-13(11)18-9-12(14)15/h3*3-4,8,12,14,16H,2,5-7,9H2,1H3/t3*12-,14-/m111/s1. The van der Waals surface area contributed by atoms with Crippen molar-refractivity contribution in [2.24, 2.45) is 0 Å². The van der Waals surface area contributed by atoms with Gasteiger partial charge < -0.3 is 43.7 Å². The second kappa shape index (κ2) is 17.8. The summed E-state index contributed by atoms with van der Waals surface area (Å²) in [6.45, 7) is 16.9. The highest BCUT2D eigenvalue weighted by Gasteiger charge is 2.41. The number of benzene rings is 3. The third-order valence-corrected chi connectivity index (χ3v) is 11.1. The highest BCUT2D eigenvalue weighted by atomic mass is 16.5. The summed E-state index contributed by atoms with van der Waals surface area (Å²) in [6, 6.07) is 16.6. The summed E-state index contributed by atoms with van der Waals surface area (Å²) in [5.74, 6) is 3.34. The zero-order chi connectivity index (χ0) is 37.6. The minimum absolute atomic E-state index is 0.0288. The first-order chi connectivity index (χ1) is 26.4. The van der Waals surface area contributed by atoms with Crippen LogP contribution in [-0.4, -0.2) is 127 Å². The first-order valence-electron chi connectivity index (χ1n) is 19.8. The SMILES string of the molecule is CCCN1CCO[C@@H]2c3cc(O)ccc3OC[C@H]21.CCCN1CCO[C@@H]2c3cc(O)ccc3OC[C@H]21.CCCN1CCO[C@@H]2c3cc(O)ccc3OC[C@H]21. The van der Waals surface area contributed by atoms with E-state index in [1.165, 1.54) is 0 Å². The van der Waals surface area contributed by atoms with E-state index in [9.17, 15) is 15.3 Å². The molecule has 0 aromatic heterocycles. The van der Waals surface area contributed by atoms with E-state index in [-0.39, 0.29) is 53.7 Å². The van der Waals surface area contributed by atoms with Crippen molar-refractivity contribution in [2.75, 3.05) is 78.9 Å². The van der Waals surface area contributed by atoms with Crippen molar-refractivity contribution < 1.29 is 43.7 Å². The molecule has 0 saturated carbocycles. The van der Waals surface area contributed by atoms with E-state index in [1.807, 2.05) is 18.2 Å². The Morgan fingerprint density at radius 2 is 0.778 bits per heavy atom. The average molecular weight is 748 g/mol. The number of fused-ring (bicyclic) bond motifs is 9. The van der Waals surface area contributed by atoms with Crippen LogP contribution in [0.15, 0.2) is 54.6 Å². The topological polar surface area (TPSA) is 126 Å². The van der Waals surface area contributed by atoms with Gasteiger partial charge in [-0.05, 0) is 93.5 Å². The number of hydrogen-bond acceptors (Lipinski definition) is 12. The van der Waals surface area contributed by atoms with Gasteiger partial charge in [-0.25, -0.2) is 0 Å². The molecule has 0 unspecified atom stereocenters. The predicted octanol–water partition coefficient (Wildman–Crippen LogP) is 5.81. The molecule has 12 nitrogen and oxygen atoms in total. The Morgan fingerprint density at radius 1 is 0.481 bits per heavy atom. The van der Waals surface area contributed by atoms with Gasteiger partial charge in [0.05, 0.1) is 37.9 Å². The van der Waals surface area contributed by atoms with Crippen LogP contribution in [0.3, 0.4) is 0 Å². The Balaban J connectivity index is 0.000000125. The number of rotatable bonds is 6. The molecule has 0 radical (unpaired) electrons. The van der Waals surface area contributed by atoms with E-state index in [0.717, 1.165) is 112 Å². The maximum absolute atomic E-state index is 9.62. The molecule has 3 aromatic rings. The number of nitrogens with zero attached hydrogens (tertiary/aromatic N) is 3. The van der Waals surface area contributed by atoms with Crippen LogP contribution in [0.1, 0.15) is 75.0 Å². The molecular formula is C42H57N3O9. The Kier molecular flexibility index (Phi) is 12.7. The number of phenolic OH excluding ortho intramolecular Hbond substituents is 3. The number of aromatic hydroxyl groups is 3. The molecule has 9 rings (SSSR count). The maximum Gasteiger partial charge on any atom is 0.125 e. The van der Waals surface area contributed by atoms with E-state index in [2.05, 4.69) is 35.5 Å². The van der Waals surface area contributed by atoms with Crippen LogP contribution < -0.4 is 14.2 Å². The number of morpholine rings is 3. The second-order valence-corrected chi connectivity index (χ2v) is 14.8. The van der Waals surface area contributed by atoms with Gasteiger partial charge in [0.1, 0.15) is 72.6 Å². The lowest BCUT2D eigenvalue weighted by Gasteiger charge is -2.44. The molecule has 294 valence electrons. The summed E-state index contributed by atoms with van der Waals surface area (Å²) >= 11 is 0. The molecule has 12 heteroatoms. The maximum atomic E-state index is 9.62. The van der Waals surface area contributed by atoms with Gasteiger partial charge in [-0.1, -0.05) is 20.8 Å². The molecule has 6 aliphatic rings. The number of ether oxygens (including phenoxy) is 6. The fourth-order valence-electron chi connectivity index (χ4n) is 8.65. The van der Waals surface area contributed by atoms with Crippen molar-refractivity contribution in [2.45, 2.75) is 76.5 Å². The normalized spacial score (nSPS) is 27.2.